The van der Waals surface area contributed by atoms with E-state index in [1.165, 1.54) is 12.0 Å². The molecule has 1 atom stereocenters. The van der Waals surface area contributed by atoms with Crippen LogP contribution in [0.1, 0.15) is 33.1 Å². The van der Waals surface area contributed by atoms with Gasteiger partial charge in [0.2, 0.25) is 0 Å². The van der Waals surface area contributed by atoms with E-state index in [9.17, 15) is 4.79 Å². The maximum absolute atomic E-state index is 11.0. The van der Waals surface area contributed by atoms with Gasteiger partial charge in [0.25, 0.3) is 0 Å². The first-order valence-corrected chi connectivity index (χ1v) is 3.91. The van der Waals surface area contributed by atoms with Crippen LogP contribution in [0.4, 0.5) is 0 Å². The maximum Gasteiger partial charge on any atom is 0.136 e. The molecule has 0 amide bonds. The van der Waals surface area contributed by atoms with Gasteiger partial charge in [0, 0.05) is 5.92 Å². The van der Waals surface area contributed by atoms with E-state index < -0.39 is 0 Å². The molecule has 0 N–H and O–H groups in total. The minimum absolute atomic E-state index is 0.269. The Labute approximate surface area is 62.1 Å². The monoisotopic (exact) mass is 138 g/mol. The Morgan fingerprint density at radius 2 is 2.40 bits per heavy atom. The summed E-state index contributed by atoms with van der Waals surface area (Å²) in [6.07, 6.45) is 5.51. The van der Waals surface area contributed by atoms with E-state index >= 15 is 0 Å². The van der Waals surface area contributed by atoms with Crippen LogP contribution in [0.25, 0.3) is 0 Å². The molecule has 1 aliphatic carbocycles. The van der Waals surface area contributed by atoms with Gasteiger partial charge in [-0.1, -0.05) is 11.6 Å². The Morgan fingerprint density at radius 1 is 1.70 bits per heavy atom. The zero-order chi connectivity index (χ0) is 7.56. The van der Waals surface area contributed by atoms with E-state index in [0.717, 1.165) is 12.8 Å². The summed E-state index contributed by atoms with van der Waals surface area (Å²) in [5, 5.41) is 0. The fraction of sp³-hybridized carbons (Fsp3) is 0.667. The molecule has 0 radical (unpaired) electrons. The van der Waals surface area contributed by atoms with E-state index in [-0.39, 0.29) is 5.92 Å². The second-order valence-corrected chi connectivity index (χ2v) is 2.92. The fourth-order valence-corrected chi connectivity index (χ4v) is 1.68. The zero-order valence-electron chi connectivity index (χ0n) is 6.68. The summed E-state index contributed by atoms with van der Waals surface area (Å²) >= 11 is 0. The van der Waals surface area contributed by atoms with Crippen molar-refractivity contribution in [1.29, 1.82) is 0 Å². The molecule has 0 spiro atoms. The Balaban J connectivity index is 2.68. The standard InChI is InChI=1S/C9H14O/c1-3-8-5-4-6-9(8)7(2)10/h3,9H,4-6H2,1-2H3/b8-3+. The summed E-state index contributed by atoms with van der Waals surface area (Å²) in [4.78, 5) is 11.0. The predicted octanol–water partition coefficient (Wildman–Crippen LogP) is 2.32. The highest BCUT2D eigenvalue weighted by Crippen LogP contribution is 2.31. The van der Waals surface area contributed by atoms with E-state index in [1.807, 2.05) is 6.92 Å². The fourth-order valence-electron chi connectivity index (χ4n) is 1.68. The van der Waals surface area contributed by atoms with Gasteiger partial charge in [-0.15, -0.1) is 0 Å². The zero-order valence-corrected chi connectivity index (χ0v) is 6.68. The third kappa shape index (κ3) is 1.28. The topological polar surface area (TPSA) is 17.1 Å². The third-order valence-electron chi connectivity index (χ3n) is 2.27. The van der Waals surface area contributed by atoms with Crippen molar-refractivity contribution < 1.29 is 4.79 Å². The van der Waals surface area contributed by atoms with Gasteiger partial charge in [0.15, 0.2) is 0 Å². The molecule has 56 valence electrons. The van der Waals surface area contributed by atoms with E-state index in [2.05, 4.69) is 6.08 Å². The first-order chi connectivity index (χ1) is 4.75. The Hall–Kier alpha value is -0.590. The average Bonchev–Trinajstić information content (AvgIpc) is 2.33. The summed E-state index contributed by atoms with van der Waals surface area (Å²) in [5.74, 6) is 0.607. The number of hydrogen-bond acceptors (Lipinski definition) is 1. The van der Waals surface area contributed by atoms with Crippen molar-refractivity contribution in [2.45, 2.75) is 33.1 Å². The number of ketones is 1. The average molecular weight is 138 g/mol. The molecule has 10 heavy (non-hydrogen) atoms. The minimum Gasteiger partial charge on any atom is -0.299 e. The van der Waals surface area contributed by atoms with Gasteiger partial charge in [-0.25, -0.2) is 0 Å². The summed E-state index contributed by atoms with van der Waals surface area (Å²) in [5.41, 5.74) is 1.35. The largest absolute Gasteiger partial charge is 0.299 e. The van der Waals surface area contributed by atoms with Crippen molar-refractivity contribution in [1.82, 2.24) is 0 Å². The van der Waals surface area contributed by atoms with Gasteiger partial charge in [-0.3, -0.25) is 4.79 Å². The number of carbonyl (C=O) groups excluding carboxylic acids is 1. The molecule has 0 bridgehead atoms. The first-order valence-electron chi connectivity index (χ1n) is 3.91. The molecule has 1 nitrogen and oxygen atoms in total. The lowest BCUT2D eigenvalue weighted by atomic mass is 9.99. The molecule has 1 unspecified atom stereocenters. The number of allylic oxidation sites excluding steroid dienone is 2. The molecule has 1 saturated carbocycles. The molecule has 1 heteroatoms. The number of carbonyl (C=O) groups is 1. The van der Waals surface area contributed by atoms with Crippen molar-refractivity contribution in [3.05, 3.63) is 11.6 Å². The second kappa shape index (κ2) is 3.00. The molecule has 0 heterocycles. The molecule has 0 aromatic carbocycles. The smallest absolute Gasteiger partial charge is 0.136 e. The van der Waals surface area contributed by atoms with Crippen LogP contribution in [0.3, 0.4) is 0 Å². The SMILES string of the molecule is C/C=C1\CCCC1C(C)=O. The Bertz CT molecular complexity index is 168. The second-order valence-electron chi connectivity index (χ2n) is 2.92. The molecule has 0 saturated heterocycles. The lowest BCUT2D eigenvalue weighted by molar-refractivity contribution is -0.119. The Kier molecular flexibility index (Phi) is 2.25. The van der Waals surface area contributed by atoms with Crippen molar-refractivity contribution >= 4 is 5.78 Å². The molecule has 1 fully saturated rings. The minimum atomic E-state index is 0.269. The van der Waals surface area contributed by atoms with Gasteiger partial charge in [-0.2, -0.15) is 0 Å². The summed E-state index contributed by atoms with van der Waals surface area (Å²) in [7, 11) is 0. The van der Waals surface area contributed by atoms with Crippen LogP contribution in [-0.4, -0.2) is 5.78 Å². The predicted molar refractivity (Wildman–Crippen MR) is 41.8 cm³/mol. The van der Waals surface area contributed by atoms with Crippen LogP contribution in [0.2, 0.25) is 0 Å². The molecule has 0 aliphatic heterocycles. The van der Waals surface area contributed by atoms with Gasteiger partial charge in [0.05, 0.1) is 0 Å². The summed E-state index contributed by atoms with van der Waals surface area (Å²) in [6.45, 7) is 3.72. The molecule has 1 aliphatic rings. The lowest BCUT2D eigenvalue weighted by Crippen LogP contribution is -2.07. The highest BCUT2D eigenvalue weighted by atomic mass is 16.1. The normalized spacial score (nSPS) is 29.4. The highest BCUT2D eigenvalue weighted by Gasteiger charge is 2.23. The van der Waals surface area contributed by atoms with Gasteiger partial charge >= 0.3 is 0 Å². The summed E-state index contributed by atoms with van der Waals surface area (Å²) in [6, 6.07) is 0. The quantitative estimate of drug-likeness (QED) is 0.508. The van der Waals surface area contributed by atoms with Crippen molar-refractivity contribution in [2.75, 3.05) is 0 Å². The van der Waals surface area contributed by atoms with Crippen molar-refractivity contribution in [2.24, 2.45) is 5.92 Å². The van der Waals surface area contributed by atoms with E-state index in [0.29, 0.717) is 5.78 Å². The molecule has 0 aromatic rings. The van der Waals surface area contributed by atoms with Gasteiger partial charge < -0.3 is 0 Å². The van der Waals surface area contributed by atoms with Crippen LogP contribution < -0.4 is 0 Å². The number of hydrogen-bond donors (Lipinski definition) is 0. The van der Waals surface area contributed by atoms with Crippen LogP contribution in [0.5, 0.6) is 0 Å². The first kappa shape index (κ1) is 7.52. The lowest BCUT2D eigenvalue weighted by Gasteiger charge is -2.05. The van der Waals surface area contributed by atoms with Crippen LogP contribution in [0.15, 0.2) is 11.6 Å². The van der Waals surface area contributed by atoms with Crippen molar-refractivity contribution in [3.8, 4) is 0 Å². The third-order valence-corrected chi connectivity index (χ3v) is 2.27. The van der Waals surface area contributed by atoms with Gasteiger partial charge in [0.1, 0.15) is 5.78 Å². The number of Topliss-reactive ketones (excluding diaryl/α,β-unsaturated/α-hetero) is 1. The molecular weight excluding hydrogens is 124 g/mol. The van der Waals surface area contributed by atoms with Crippen LogP contribution in [-0.2, 0) is 4.79 Å². The molecule has 1 rings (SSSR count). The summed E-state index contributed by atoms with van der Waals surface area (Å²) < 4.78 is 0. The molecule has 0 aromatic heterocycles. The number of rotatable bonds is 1. The van der Waals surface area contributed by atoms with Crippen LogP contribution >= 0.6 is 0 Å². The van der Waals surface area contributed by atoms with E-state index in [1.54, 1.807) is 6.92 Å². The van der Waals surface area contributed by atoms with Gasteiger partial charge in [-0.05, 0) is 33.1 Å². The Morgan fingerprint density at radius 3 is 2.80 bits per heavy atom. The maximum atomic E-state index is 11.0. The van der Waals surface area contributed by atoms with Crippen molar-refractivity contribution in [3.63, 3.8) is 0 Å². The molecular formula is C9H14O. The highest BCUT2D eigenvalue weighted by molar-refractivity contribution is 5.81. The van der Waals surface area contributed by atoms with E-state index in [4.69, 9.17) is 0 Å². The van der Waals surface area contributed by atoms with Crippen LogP contribution in [0, 0.1) is 5.92 Å².